The summed E-state index contributed by atoms with van der Waals surface area (Å²) in [4.78, 5) is 19.7. The van der Waals surface area contributed by atoms with Gasteiger partial charge in [-0.05, 0) is 29.8 Å². The van der Waals surface area contributed by atoms with E-state index in [9.17, 15) is 4.79 Å². The predicted octanol–water partition coefficient (Wildman–Crippen LogP) is 2.35. The van der Waals surface area contributed by atoms with Crippen molar-refractivity contribution in [1.29, 1.82) is 0 Å². The molecular weight excluding hydrogens is 292 g/mol. The lowest BCUT2D eigenvalue weighted by Crippen LogP contribution is -2.13. The highest BCUT2D eigenvalue weighted by Crippen LogP contribution is 2.22. The van der Waals surface area contributed by atoms with Crippen LogP contribution in [-0.2, 0) is 6.54 Å². The Balaban J connectivity index is 1.86. The fraction of sp³-hybridized carbons (Fsp3) is 0.118. The number of hydrogen-bond donors (Lipinski definition) is 2. The predicted molar refractivity (Wildman–Crippen MR) is 88.4 cm³/mol. The fourth-order valence-electron chi connectivity index (χ4n) is 2.34. The van der Waals surface area contributed by atoms with Gasteiger partial charge in [0.25, 0.3) is 5.91 Å². The molecule has 3 rings (SSSR count). The zero-order chi connectivity index (χ0) is 16.2. The van der Waals surface area contributed by atoms with Crippen LogP contribution in [0.25, 0.3) is 10.9 Å². The molecule has 0 spiro atoms. The van der Waals surface area contributed by atoms with Gasteiger partial charge in [0.15, 0.2) is 0 Å². The lowest BCUT2D eigenvalue weighted by Gasteiger charge is -2.10. The van der Waals surface area contributed by atoms with Crippen molar-refractivity contribution < 1.29 is 9.53 Å². The average Bonchev–Trinajstić information content (AvgIpc) is 2.59. The number of carbonyl (C=O) groups excluding carboxylic acids is 1. The zero-order valence-corrected chi connectivity index (χ0v) is 12.6. The van der Waals surface area contributed by atoms with Gasteiger partial charge in [0.2, 0.25) is 0 Å². The Hall–Kier alpha value is -3.15. The van der Waals surface area contributed by atoms with Crippen LogP contribution >= 0.6 is 0 Å². The molecule has 0 atom stereocenters. The van der Waals surface area contributed by atoms with Crippen LogP contribution in [0.3, 0.4) is 0 Å². The summed E-state index contributed by atoms with van der Waals surface area (Å²) >= 11 is 0. The molecule has 0 aliphatic heterocycles. The number of rotatable bonds is 5. The maximum atomic E-state index is 11.6. The summed E-state index contributed by atoms with van der Waals surface area (Å²) in [5, 5.41) is 4.05. The van der Waals surface area contributed by atoms with E-state index in [4.69, 9.17) is 10.5 Å². The number of ether oxygens (including phenoxy) is 1. The van der Waals surface area contributed by atoms with Crippen LogP contribution in [0.15, 0.2) is 48.9 Å². The molecule has 0 saturated carbocycles. The number of anilines is 1. The van der Waals surface area contributed by atoms with E-state index in [0.29, 0.717) is 17.6 Å². The van der Waals surface area contributed by atoms with Gasteiger partial charge in [-0.2, -0.15) is 0 Å². The molecule has 0 aliphatic rings. The van der Waals surface area contributed by atoms with E-state index in [1.807, 2.05) is 30.3 Å². The molecule has 1 heterocycles. The van der Waals surface area contributed by atoms with Crippen molar-refractivity contribution in [2.45, 2.75) is 6.54 Å². The second-order valence-corrected chi connectivity index (χ2v) is 5.05. The van der Waals surface area contributed by atoms with Crippen LogP contribution in [0.4, 0.5) is 5.69 Å². The van der Waals surface area contributed by atoms with E-state index in [-0.39, 0.29) is 0 Å². The molecule has 0 fully saturated rings. The summed E-state index contributed by atoms with van der Waals surface area (Å²) in [6, 6.07) is 11.4. The van der Waals surface area contributed by atoms with Crippen molar-refractivity contribution in [3.05, 3.63) is 60.0 Å². The molecule has 1 aromatic heterocycles. The van der Waals surface area contributed by atoms with E-state index in [1.54, 1.807) is 19.4 Å². The van der Waals surface area contributed by atoms with E-state index in [0.717, 1.165) is 22.4 Å². The fourth-order valence-corrected chi connectivity index (χ4v) is 2.34. The van der Waals surface area contributed by atoms with Crippen LogP contribution in [0.2, 0.25) is 0 Å². The first-order chi connectivity index (χ1) is 11.2. The number of benzene rings is 2. The Labute approximate surface area is 133 Å². The van der Waals surface area contributed by atoms with E-state index < -0.39 is 5.91 Å². The van der Waals surface area contributed by atoms with Crippen LogP contribution in [0.1, 0.15) is 15.9 Å². The SMILES string of the molecule is COc1ccc(CNc2cc(C(N)=O)c3ncncc3c2)cc1. The largest absolute Gasteiger partial charge is 0.497 e. The molecule has 0 bridgehead atoms. The number of nitrogens with zero attached hydrogens (tertiary/aromatic N) is 2. The zero-order valence-electron chi connectivity index (χ0n) is 12.6. The Kier molecular flexibility index (Phi) is 4.05. The molecule has 2 aromatic carbocycles. The molecule has 1 amide bonds. The second-order valence-electron chi connectivity index (χ2n) is 5.05. The van der Waals surface area contributed by atoms with Crippen LogP contribution < -0.4 is 15.8 Å². The Morgan fingerprint density at radius 2 is 2.04 bits per heavy atom. The summed E-state index contributed by atoms with van der Waals surface area (Å²) in [5.41, 5.74) is 8.26. The minimum absolute atomic E-state index is 0.377. The van der Waals surface area contributed by atoms with Crippen LogP contribution in [0.5, 0.6) is 5.75 Å². The highest BCUT2D eigenvalue weighted by atomic mass is 16.5. The van der Waals surface area contributed by atoms with Gasteiger partial charge in [0.1, 0.15) is 12.1 Å². The number of primary amides is 1. The van der Waals surface area contributed by atoms with Gasteiger partial charge in [-0.3, -0.25) is 4.79 Å². The molecular formula is C17H16N4O2. The molecule has 6 nitrogen and oxygen atoms in total. The topological polar surface area (TPSA) is 90.1 Å². The third-order valence-electron chi connectivity index (χ3n) is 3.53. The molecule has 116 valence electrons. The van der Waals surface area contributed by atoms with Crippen molar-refractivity contribution in [2.75, 3.05) is 12.4 Å². The van der Waals surface area contributed by atoms with Gasteiger partial charge in [-0.25, -0.2) is 9.97 Å². The first-order valence-electron chi connectivity index (χ1n) is 7.08. The minimum atomic E-state index is -0.512. The lowest BCUT2D eigenvalue weighted by atomic mass is 10.1. The van der Waals surface area contributed by atoms with Crippen LogP contribution in [0, 0.1) is 0 Å². The lowest BCUT2D eigenvalue weighted by molar-refractivity contribution is 0.100. The standard InChI is InChI=1S/C17H16N4O2/c1-23-14-4-2-11(3-5-14)8-20-13-6-12-9-19-10-21-16(12)15(7-13)17(18)22/h2-7,9-10,20H,8H2,1H3,(H2,18,22). The van der Waals surface area contributed by atoms with Crippen molar-refractivity contribution in [3.8, 4) is 5.75 Å². The molecule has 6 heteroatoms. The Morgan fingerprint density at radius 3 is 2.74 bits per heavy atom. The molecule has 3 aromatic rings. The van der Waals surface area contributed by atoms with E-state index in [2.05, 4.69) is 15.3 Å². The normalized spacial score (nSPS) is 10.5. The Morgan fingerprint density at radius 1 is 1.26 bits per heavy atom. The number of hydrogen-bond acceptors (Lipinski definition) is 5. The van der Waals surface area contributed by atoms with E-state index >= 15 is 0 Å². The quantitative estimate of drug-likeness (QED) is 0.755. The first-order valence-corrected chi connectivity index (χ1v) is 7.08. The number of aromatic nitrogens is 2. The highest BCUT2D eigenvalue weighted by Gasteiger charge is 2.10. The summed E-state index contributed by atoms with van der Waals surface area (Å²) < 4.78 is 5.14. The summed E-state index contributed by atoms with van der Waals surface area (Å²) in [7, 11) is 1.63. The van der Waals surface area contributed by atoms with Crippen molar-refractivity contribution in [3.63, 3.8) is 0 Å². The van der Waals surface area contributed by atoms with Gasteiger partial charge >= 0.3 is 0 Å². The first kappa shape index (κ1) is 14.8. The average molecular weight is 308 g/mol. The van der Waals surface area contributed by atoms with Gasteiger partial charge in [-0.15, -0.1) is 0 Å². The highest BCUT2D eigenvalue weighted by molar-refractivity contribution is 6.05. The number of carbonyl (C=O) groups is 1. The molecule has 0 saturated heterocycles. The van der Waals surface area contributed by atoms with Gasteiger partial charge in [0, 0.05) is 23.8 Å². The van der Waals surface area contributed by atoms with Crippen LogP contribution in [-0.4, -0.2) is 23.0 Å². The molecule has 23 heavy (non-hydrogen) atoms. The van der Waals surface area contributed by atoms with Crippen molar-refractivity contribution in [2.24, 2.45) is 5.73 Å². The Bertz CT molecular complexity index is 847. The second kappa shape index (κ2) is 6.31. The number of methoxy groups -OCH3 is 1. The number of fused-ring (bicyclic) bond motifs is 1. The number of nitrogens with two attached hydrogens (primary N) is 1. The number of amides is 1. The molecule has 0 unspecified atom stereocenters. The smallest absolute Gasteiger partial charge is 0.250 e. The third kappa shape index (κ3) is 3.21. The maximum Gasteiger partial charge on any atom is 0.250 e. The van der Waals surface area contributed by atoms with Gasteiger partial charge < -0.3 is 15.8 Å². The summed E-state index contributed by atoms with van der Waals surface area (Å²) in [6.07, 6.45) is 3.06. The minimum Gasteiger partial charge on any atom is -0.497 e. The van der Waals surface area contributed by atoms with E-state index in [1.165, 1.54) is 6.33 Å². The molecule has 0 radical (unpaired) electrons. The monoisotopic (exact) mass is 308 g/mol. The summed E-state index contributed by atoms with van der Waals surface area (Å²) in [6.45, 7) is 0.612. The van der Waals surface area contributed by atoms with Crippen molar-refractivity contribution in [1.82, 2.24) is 9.97 Å². The molecule has 3 N–H and O–H groups in total. The molecule has 0 aliphatic carbocycles. The van der Waals surface area contributed by atoms with Crippen molar-refractivity contribution >= 4 is 22.5 Å². The number of nitrogens with one attached hydrogen (secondary N) is 1. The third-order valence-corrected chi connectivity index (χ3v) is 3.53. The van der Waals surface area contributed by atoms with Gasteiger partial charge in [0.05, 0.1) is 18.2 Å². The summed E-state index contributed by atoms with van der Waals surface area (Å²) in [5.74, 6) is 0.300. The van der Waals surface area contributed by atoms with Gasteiger partial charge in [-0.1, -0.05) is 12.1 Å². The maximum absolute atomic E-state index is 11.6.